The number of ketones is 1. The summed E-state index contributed by atoms with van der Waals surface area (Å²) in [5, 5.41) is 4.95. The van der Waals surface area contributed by atoms with Crippen LogP contribution in [0.15, 0.2) is 47.8 Å². The molecule has 4 nitrogen and oxygen atoms in total. The molecular weight excluding hydrogens is 332 g/mol. The molecule has 25 heavy (non-hydrogen) atoms. The monoisotopic (exact) mass is 352 g/mol. The Morgan fingerprint density at radius 2 is 1.92 bits per heavy atom. The van der Waals surface area contributed by atoms with Crippen LogP contribution in [0, 0.1) is 13.8 Å². The van der Waals surface area contributed by atoms with Gasteiger partial charge < -0.3 is 9.88 Å². The molecule has 0 saturated carbocycles. The van der Waals surface area contributed by atoms with Gasteiger partial charge in [0, 0.05) is 27.5 Å². The average molecular weight is 352 g/mol. The molecule has 0 aliphatic rings. The molecule has 0 atom stereocenters. The molecule has 1 amide bonds. The summed E-state index contributed by atoms with van der Waals surface area (Å²) in [6, 6.07) is 13.0. The van der Waals surface area contributed by atoms with Crippen molar-refractivity contribution < 1.29 is 9.59 Å². The van der Waals surface area contributed by atoms with Gasteiger partial charge in [-0.05, 0) is 50.4 Å². The van der Waals surface area contributed by atoms with Gasteiger partial charge in [-0.2, -0.15) is 0 Å². The summed E-state index contributed by atoms with van der Waals surface area (Å²) in [6.45, 7) is 6.25. The van der Waals surface area contributed by atoms with Crippen molar-refractivity contribution in [2.45, 2.75) is 27.3 Å². The fourth-order valence-corrected chi connectivity index (χ4v) is 3.54. The molecule has 3 rings (SSSR count). The molecule has 1 aromatic carbocycles. The Kier molecular flexibility index (Phi) is 4.86. The van der Waals surface area contributed by atoms with Crippen molar-refractivity contribution >= 4 is 28.7 Å². The van der Waals surface area contributed by atoms with Crippen molar-refractivity contribution in [1.29, 1.82) is 0 Å². The third kappa shape index (κ3) is 3.72. The maximum atomic E-state index is 12.7. The molecule has 3 aromatic rings. The number of carbonyl (C=O) groups is 2. The Balaban J connectivity index is 1.83. The second-order valence-electron chi connectivity index (χ2n) is 6.04. The summed E-state index contributed by atoms with van der Waals surface area (Å²) in [6.07, 6.45) is 0. The summed E-state index contributed by atoms with van der Waals surface area (Å²) in [5.74, 6) is -0.184. The number of rotatable bonds is 5. The van der Waals surface area contributed by atoms with Gasteiger partial charge in [0.25, 0.3) is 5.91 Å². The van der Waals surface area contributed by atoms with E-state index in [0.717, 1.165) is 17.9 Å². The Bertz CT molecular complexity index is 923. The van der Waals surface area contributed by atoms with Gasteiger partial charge in [0.1, 0.15) is 0 Å². The van der Waals surface area contributed by atoms with E-state index in [1.807, 2.05) is 26.0 Å². The molecule has 0 aliphatic heterocycles. The zero-order valence-electron chi connectivity index (χ0n) is 14.5. The van der Waals surface area contributed by atoms with Gasteiger partial charge in [0.05, 0.1) is 12.1 Å². The average Bonchev–Trinajstić information content (AvgIpc) is 3.19. The van der Waals surface area contributed by atoms with Crippen molar-refractivity contribution in [3.63, 3.8) is 0 Å². The van der Waals surface area contributed by atoms with Crippen molar-refractivity contribution in [1.82, 2.24) is 4.57 Å². The number of amides is 1. The molecule has 2 aromatic heterocycles. The lowest BCUT2D eigenvalue weighted by Crippen LogP contribution is -2.13. The number of hydrogen-bond acceptors (Lipinski definition) is 3. The summed E-state index contributed by atoms with van der Waals surface area (Å²) in [7, 11) is 0. The maximum absolute atomic E-state index is 12.7. The predicted octanol–water partition coefficient (Wildman–Crippen LogP) is 4.67. The van der Waals surface area contributed by atoms with Crippen LogP contribution in [-0.2, 0) is 6.54 Å². The third-order valence-corrected chi connectivity index (χ3v) is 5.10. The first kappa shape index (κ1) is 17.2. The highest BCUT2D eigenvalue weighted by atomic mass is 32.1. The predicted molar refractivity (Wildman–Crippen MR) is 102 cm³/mol. The standard InChI is InChI=1S/C20H20N2O2S/c1-13-10-19(14(2)22(13)12-18-8-5-9-25-18)20(24)21-17-7-4-6-16(11-17)15(3)23/h4-11H,12H2,1-3H3,(H,21,24). The Morgan fingerprint density at radius 3 is 2.60 bits per heavy atom. The number of carbonyl (C=O) groups excluding carboxylic acids is 2. The molecule has 0 fully saturated rings. The molecule has 0 aliphatic carbocycles. The van der Waals surface area contributed by atoms with Gasteiger partial charge in [-0.15, -0.1) is 11.3 Å². The molecule has 0 unspecified atom stereocenters. The van der Waals surface area contributed by atoms with E-state index in [9.17, 15) is 9.59 Å². The number of benzene rings is 1. The second-order valence-corrected chi connectivity index (χ2v) is 7.07. The number of aryl methyl sites for hydroxylation is 1. The van der Waals surface area contributed by atoms with Crippen LogP contribution < -0.4 is 5.32 Å². The fourth-order valence-electron chi connectivity index (χ4n) is 2.85. The molecule has 5 heteroatoms. The van der Waals surface area contributed by atoms with E-state index >= 15 is 0 Å². The van der Waals surface area contributed by atoms with Gasteiger partial charge in [-0.25, -0.2) is 0 Å². The Morgan fingerprint density at radius 1 is 1.12 bits per heavy atom. The van der Waals surface area contributed by atoms with Gasteiger partial charge in [0.2, 0.25) is 0 Å². The third-order valence-electron chi connectivity index (χ3n) is 4.24. The minimum Gasteiger partial charge on any atom is -0.343 e. The smallest absolute Gasteiger partial charge is 0.257 e. The van der Waals surface area contributed by atoms with Gasteiger partial charge in [0.15, 0.2) is 5.78 Å². The maximum Gasteiger partial charge on any atom is 0.257 e. The molecule has 128 valence electrons. The summed E-state index contributed by atoms with van der Waals surface area (Å²) in [5.41, 5.74) is 3.85. The number of Topliss-reactive ketones (excluding diaryl/α,β-unsaturated/α-hetero) is 1. The SMILES string of the molecule is CC(=O)c1cccc(NC(=O)c2cc(C)n(Cc3cccs3)c2C)c1. The number of aromatic nitrogens is 1. The van der Waals surface area contributed by atoms with Crippen LogP contribution in [0.5, 0.6) is 0 Å². The minimum absolute atomic E-state index is 0.0229. The van der Waals surface area contributed by atoms with E-state index in [4.69, 9.17) is 0 Å². The Hall–Kier alpha value is -2.66. The highest BCUT2D eigenvalue weighted by Gasteiger charge is 2.16. The van der Waals surface area contributed by atoms with E-state index in [0.29, 0.717) is 16.8 Å². The molecule has 0 spiro atoms. The molecule has 0 bridgehead atoms. The molecule has 1 N–H and O–H groups in total. The summed E-state index contributed by atoms with van der Waals surface area (Å²) >= 11 is 1.71. The highest BCUT2D eigenvalue weighted by molar-refractivity contribution is 7.09. The van der Waals surface area contributed by atoms with Crippen LogP contribution >= 0.6 is 11.3 Å². The van der Waals surface area contributed by atoms with E-state index in [-0.39, 0.29) is 11.7 Å². The normalized spacial score (nSPS) is 10.7. The van der Waals surface area contributed by atoms with Crippen LogP contribution in [-0.4, -0.2) is 16.3 Å². The van der Waals surface area contributed by atoms with Crippen LogP contribution in [0.25, 0.3) is 0 Å². The molecule has 2 heterocycles. The fraction of sp³-hybridized carbons (Fsp3) is 0.200. The van der Waals surface area contributed by atoms with E-state index < -0.39 is 0 Å². The van der Waals surface area contributed by atoms with Crippen LogP contribution in [0.4, 0.5) is 5.69 Å². The van der Waals surface area contributed by atoms with E-state index in [1.54, 1.807) is 35.6 Å². The van der Waals surface area contributed by atoms with E-state index in [2.05, 4.69) is 21.3 Å². The number of nitrogens with zero attached hydrogens (tertiary/aromatic N) is 1. The molecular formula is C20H20N2O2S. The lowest BCUT2D eigenvalue weighted by Gasteiger charge is -2.09. The van der Waals surface area contributed by atoms with Crippen LogP contribution in [0.3, 0.4) is 0 Å². The van der Waals surface area contributed by atoms with Crippen molar-refractivity contribution in [3.05, 3.63) is 75.2 Å². The van der Waals surface area contributed by atoms with Gasteiger partial charge in [-0.3, -0.25) is 9.59 Å². The van der Waals surface area contributed by atoms with Crippen LogP contribution in [0.2, 0.25) is 0 Å². The molecule has 0 saturated heterocycles. The minimum atomic E-state index is -0.161. The summed E-state index contributed by atoms with van der Waals surface area (Å²) in [4.78, 5) is 25.4. The van der Waals surface area contributed by atoms with Crippen molar-refractivity contribution in [3.8, 4) is 0 Å². The van der Waals surface area contributed by atoms with Crippen molar-refractivity contribution in [2.24, 2.45) is 0 Å². The van der Waals surface area contributed by atoms with E-state index in [1.165, 1.54) is 11.8 Å². The second kappa shape index (κ2) is 7.07. The number of nitrogens with one attached hydrogen (secondary N) is 1. The number of thiophene rings is 1. The zero-order valence-corrected chi connectivity index (χ0v) is 15.3. The topological polar surface area (TPSA) is 51.1 Å². The Labute approximate surface area is 151 Å². The number of anilines is 1. The first-order valence-electron chi connectivity index (χ1n) is 8.07. The van der Waals surface area contributed by atoms with Gasteiger partial charge in [-0.1, -0.05) is 18.2 Å². The largest absolute Gasteiger partial charge is 0.343 e. The molecule has 0 radical (unpaired) electrons. The lowest BCUT2D eigenvalue weighted by molar-refractivity contribution is 0.101. The quantitative estimate of drug-likeness (QED) is 0.679. The lowest BCUT2D eigenvalue weighted by atomic mass is 10.1. The first-order valence-corrected chi connectivity index (χ1v) is 8.95. The first-order chi connectivity index (χ1) is 12.0. The number of hydrogen-bond donors (Lipinski definition) is 1. The highest BCUT2D eigenvalue weighted by Crippen LogP contribution is 2.21. The zero-order chi connectivity index (χ0) is 18.0. The van der Waals surface area contributed by atoms with Crippen LogP contribution in [0.1, 0.15) is 43.9 Å². The summed E-state index contributed by atoms with van der Waals surface area (Å²) < 4.78 is 2.15. The van der Waals surface area contributed by atoms with Gasteiger partial charge >= 0.3 is 0 Å². The van der Waals surface area contributed by atoms with Crippen molar-refractivity contribution in [2.75, 3.05) is 5.32 Å².